The molecule has 0 aliphatic carbocycles. The molecule has 0 aromatic heterocycles. The number of benzene rings is 2. The van der Waals surface area contributed by atoms with E-state index in [-0.39, 0.29) is 6.04 Å². The van der Waals surface area contributed by atoms with Gasteiger partial charge < -0.3 is 5.32 Å². The summed E-state index contributed by atoms with van der Waals surface area (Å²) in [4.78, 5) is 0. The van der Waals surface area contributed by atoms with Crippen LogP contribution in [0.3, 0.4) is 0 Å². The lowest BCUT2D eigenvalue weighted by molar-refractivity contribution is 0.689. The van der Waals surface area contributed by atoms with Gasteiger partial charge in [-0.15, -0.1) is 0 Å². The molecule has 0 aliphatic rings. The molecule has 2 aromatic carbocycles. The molecule has 0 heterocycles. The second-order valence-corrected chi connectivity index (χ2v) is 6.59. The third kappa shape index (κ3) is 3.34. The minimum atomic E-state index is -0.0197. The Hall–Kier alpha value is -0.0600. The first kappa shape index (κ1) is 15.3. The summed E-state index contributed by atoms with van der Waals surface area (Å²) in [6.07, 6.45) is 0. The quantitative estimate of drug-likeness (QED) is 0.655. The van der Waals surface area contributed by atoms with Crippen molar-refractivity contribution in [3.63, 3.8) is 0 Å². The Morgan fingerprint density at radius 1 is 1.05 bits per heavy atom. The fourth-order valence-corrected chi connectivity index (χ4v) is 3.65. The fourth-order valence-electron chi connectivity index (χ4n) is 1.96. The van der Waals surface area contributed by atoms with Gasteiger partial charge in [0.15, 0.2) is 0 Å². The Morgan fingerprint density at radius 3 is 2.42 bits per heavy atom. The molecule has 2 aromatic rings. The highest BCUT2D eigenvalue weighted by Gasteiger charge is 2.18. The van der Waals surface area contributed by atoms with Crippen LogP contribution < -0.4 is 5.32 Å². The van der Waals surface area contributed by atoms with Gasteiger partial charge in [-0.1, -0.05) is 73.3 Å². The van der Waals surface area contributed by atoms with Gasteiger partial charge >= 0.3 is 0 Å². The van der Waals surface area contributed by atoms with Crippen LogP contribution in [-0.2, 0) is 0 Å². The van der Waals surface area contributed by atoms with E-state index in [1.54, 1.807) is 6.07 Å². The Morgan fingerprint density at radius 2 is 1.79 bits per heavy atom. The van der Waals surface area contributed by atoms with E-state index in [0.29, 0.717) is 10.0 Å². The highest BCUT2D eigenvalue weighted by molar-refractivity contribution is 9.11. The van der Waals surface area contributed by atoms with Gasteiger partial charge in [-0.3, -0.25) is 0 Å². The lowest BCUT2D eigenvalue weighted by Gasteiger charge is -2.20. The number of halogens is 4. The molecule has 5 heteroatoms. The maximum absolute atomic E-state index is 6.30. The van der Waals surface area contributed by atoms with E-state index in [2.05, 4.69) is 37.2 Å². The molecule has 1 unspecified atom stereocenters. The van der Waals surface area contributed by atoms with Crippen molar-refractivity contribution in [2.45, 2.75) is 6.04 Å². The van der Waals surface area contributed by atoms with Crippen LogP contribution in [0.1, 0.15) is 17.2 Å². The summed E-state index contributed by atoms with van der Waals surface area (Å²) in [6, 6.07) is 11.7. The lowest BCUT2D eigenvalue weighted by atomic mass is 9.99. The number of hydrogen-bond donors (Lipinski definition) is 1. The Bertz CT molecular complexity index is 602. The highest BCUT2D eigenvalue weighted by atomic mass is 79.9. The molecule has 1 N–H and O–H groups in total. The molecule has 19 heavy (non-hydrogen) atoms. The molecule has 0 saturated carbocycles. The molecular weight excluding hydrogens is 413 g/mol. The van der Waals surface area contributed by atoms with Gasteiger partial charge in [0.05, 0.1) is 16.1 Å². The monoisotopic (exact) mass is 421 g/mol. The minimum Gasteiger partial charge on any atom is -0.309 e. The van der Waals surface area contributed by atoms with Gasteiger partial charge in [0.25, 0.3) is 0 Å². The van der Waals surface area contributed by atoms with E-state index >= 15 is 0 Å². The molecule has 0 spiro atoms. The number of nitrogens with one attached hydrogen (secondary N) is 1. The van der Waals surface area contributed by atoms with Crippen molar-refractivity contribution in [3.05, 3.63) is 66.5 Å². The molecule has 0 radical (unpaired) electrons. The van der Waals surface area contributed by atoms with Crippen molar-refractivity contribution in [1.29, 1.82) is 0 Å². The topological polar surface area (TPSA) is 12.0 Å². The normalized spacial score (nSPS) is 12.5. The molecule has 0 amide bonds. The molecule has 1 nitrogen and oxygen atoms in total. The third-order valence-electron chi connectivity index (χ3n) is 2.85. The standard InChI is InChI=1S/C14H11Br2Cl2N/c1-19-14(9-6-5-8(15)7-11(9)16)10-3-2-4-12(17)13(10)18/h2-7,14,19H,1H3. The predicted octanol–water partition coefficient (Wildman–Crippen LogP) is 5.83. The van der Waals surface area contributed by atoms with Gasteiger partial charge in [-0.2, -0.15) is 0 Å². The van der Waals surface area contributed by atoms with Crippen LogP contribution >= 0.6 is 55.1 Å². The van der Waals surface area contributed by atoms with Crippen LogP contribution in [0.2, 0.25) is 10.0 Å². The summed E-state index contributed by atoms with van der Waals surface area (Å²) in [6.45, 7) is 0. The first-order valence-electron chi connectivity index (χ1n) is 5.60. The van der Waals surface area contributed by atoms with Crippen molar-refractivity contribution in [2.75, 3.05) is 7.05 Å². The molecular formula is C14H11Br2Cl2N. The zero-order valence-electron chi connectivity index (χ0n) is 10.1. The molecule has 2 rings (SSSR count). The third-order valence-corrected chi connectivity index (χ3v) is 4.87. The maximum atomic E-state index is 6.30. The molecule has 0 bridgehead atoms. The van der Waals surface area contributed by atoms with E-state index in [0.717, 1.165) is 20.1 Å². The second-order valence-electron chi connectivity index (χ2n) is 4.03. The van der Waals surface area contributed by atoms with Gasteiger partial charge in [-0.05, 0) is 36.4 Å². The molecule has 1 atom stereocenters. The lowest BCUT2D eigenvalue weighted by Crippen LogP contribution is -2.18. The summed E-state index contributed by atoms with van der Waals surface area (Å²) >= 11 is 19.4. The Kier molecular flexibility index (Phi) is 5.32. The minimum absolute atomic E-state index is 0.0197. The SMILES string of the molecule is CNC(c1ccc(Br)cc1Br)c1cccc(Cl)c1Cl. The predicted molar refractivity (Wildman–Crippen MR) is 89.2 cm³/mol. The van der Waals surface area contributed by atoms with Crippen LogP contribution in [0.4, 0.5) is 0 Å². The maximum Gasteiger partial charge on any atom is 0.0643 e. The Balaban J connectivity index is 2.53. The van der Waals surface area contributed by atoms with E-state index in [1.807, 2.05) is 37.4 Å². The van der Waals surface area contributed by atoms with Gasteiger partial charge in [-0.25, -0.2) is 0 Å². The van der Waals surface area contributed by atoms with Crippen LogP contribution in [0, 0.1) is 0 Å². The first-order chi connectivity index (χ1) is 9.04. The first-order valence-corrected chi connectivity index (χ1v) is 7.95. The highest BCUT2D eigenvalue weighted by Crippen LogP contribution is 2.36. The van der Waals surface area contributed by atoms with Crippen molar-refractivity contribution >= 4 is 55.1 Å². The van der Waals surface area contributed by atoms with Gasteiger partial charge in [0, 0.05) is 8.95 Å². The van der Waals surface area contributed by atoms with Gasteiger partial charge in [0.2, 0.25) is 0 Å². The second kappa shape index (κ2) is 6.59. The summed E-state index contributed by atoms with van der Waals surface area (Å²) in [5, 5.41) is 4.42. The van der Waals surface area contributed by atoms with Crippen molar-refractivity contribution in [1.82, 2.24) is 5.32 Å². The molecule has 100 valence electrons. The summed E-state index contributed by atoms with van der Waals surface area (Å²) in [7, 11) is 1.90. The van der Waals surface area contributed by atoms with Crippen LogP contribution in [0.15, 0.2) is 45.3 Å². The van der Waals surface area contributed by atoms with Crippen LogP contribution in [-0.4, -0.2) is 7.05 Å². The van der Waals surface area contributed by atoms with Crippen molar-refractivity contribution in [3.8, 4) is 0 Å². The van der Waals surface area contributed by atoms with E-state index < -0.39 is 0 Å². The molecule has 0 saturated heterocycles. The van der Waals surface area contributed by atoms with E-state index in [4.69, 9.17) is 23.2 Å². The van der Waals surface area contributed by atoms with Crippen molar-refractivity contribution < 1.29 is 0 Å². The zero-order chi connectivity index (χ0) is 14.0. The summed E-state index contributed by atoms with van der Waals surface area (Å²) < 4.78 is 2.03. The molecule has 0 fully saturated rings. The number of hydrogen-bond acceptors (Lipinski definition) is 1. The van der Waals surface area contributed by atoms with E-state index in [1.165, 1.54) is 0 Å². The molecule has 0 aliphatic heterocycles. The Labute approximate surface area is 139 Å². The smallest absolute Gasteiger partial charge is 0.0643 e. The fraction of sp³-hybridized carbons (Fsp3) is 0.143. The van der Waals surface area contributed by atoms with E-state index in [9.17, 15) is 0 Å². The zero-order valence-corrected chi connectivity index (χ0v) is 14.7. The van der Waals surface area contributed by atoms with Gasteiger partial charge in [0.1, 0.15) is 0 Å². The largest absolute Gasteiger partial charge is 0.309 e. The average molecular weight is 424 g/mol. The van der Waals surface area contributed by atoms with Crippen LogP contribution in [0.5, 0.6) is 0 Å². The summed E-state index contributed by atoms with van der Waals surface area (Å²) in [5.41, 5.74) is 2.06. The average Bonchev–Trinajstić information content (AvgIpc) is 2.37. The summed E-state index contributed by atoms with van der Waals surface area (Å²) in [5.74, 6) is 0. The van der Waals surface area contributed by atoms with Crippen molar-refractivity contribution in [2.24, 2.45) is 0 Å². The van der Waals surface area contributed by atoms with Crippen LogP contribution in [0.25, 0.3) is 0 Å². The number of rotatable bonds is 3.